The van der Waals surface area contributed by atoms with Crippen LogP contribution in [0.3, 0.4) is 0 Å². The zero-order chi connectivity index (χ0) is 14.8. The van der Waals surface area contributed by atoms with Crippen molar-refractivity contribution < 1.29 is 18.6 Å². The van der Waals surface area contributed by atoms with Gasteiger partial charge in [0.15, 0.2) is 0 Å². The van der Waals surface area contributed by atoms with Gasteiger partial charge in [-0.3, -0.25) is 4.90 Å². The first-order valence-corrected chi connectivity index (χ1v) is 6.85. The predicted octanol–water partition coefficient (Wildman–Crippen LogP) is 2.50. The molecule has 1 fully saturated rings. The number of ether oxygens (including phenoxy) is 1. The fourth-order valence-electron chi connectivity index (χ4n) is 2.52. The average Bonchev–Trinajstić information content (AvgIpc) is 2.35. The number of hydrogen-bond donors (Lipinski definition) is 1. The summed E-state index contributed by atoms with van der Waals surface area (Å²) in [6.45, 7) is 6.96. The van der Waals surface area contributed by atoms with Gasteiger partial charge in [-0.15, -0.1) is 0 Å². The number of benzene rings is 1. The summed E-state index contributed by atoms with van der Waals surface area (Å²) in [7, 11) is 0. The minimum absolute atomic E-state index is 0.0782. The standard InChI is InChI=1S/C15H21F2NO2/c1-15(2)10-20-6-5-18(15)4-3-14(19)11-7-12(16)9-13(17)8-11/h7-9,14,19H,3-6,10H2,1-2H3. The van der Waals surface area contributed by atoms with Crippen molar-refractivity contribution in [1.82, 2.24) is 4.90 Å². The summed E-state index contributed by atoms with van der Waals surface area (Å²) in [6, 6.07) is 3.16. The fraction of sp³-hybridized carbons (Fsp3) is 0.600. The van der Waals surface area contributed by atoms with Crippen LogP contribution < -0.4 is 0 Å². The molecule has 2 rings (SSSR count). The lowest BCUT2D eigenvalue weighted by atomic mass is 10.0. The minimum Gasteiger partial charge on any atom is -0.388 e. The number of aliphatic hydroxyl groups excluding tert-OH is 1. The lowest BCUT2D eigenvalue weighted by Crippen LogP contribution is -2.53. The largest absolute Gasteiger partial charge is 0.388 e. The molecule has 1 N–H and O–H groups in total. The van der Waals surface area contributed by atoms with Crippen molar-refractivity contribution in [3.05, 3.63) is 35.4 Å². The van der Waals surface area contributed by atoms with Gasteiger partial charge in [0, 0.05) is 24.7 Å². The molecule has 1 aromatic carbocycles. The lowest BCUT2D eigenvalue weighted by Gasteiger charge is -2.42. The van der Waals surface area contributed by atoms with Gasteiger partial charge < -0.3 is 9.84 Å². The molecular formula is C15H21F2NO2. The van der Waals surface area contributed by atoms with Crippen molar-refractivity contribution in [3.63, 3.8) is 0 Å². The molecule has 1 aromatic rings. The van der Waals surface area contributed by atoms with E-state index in [-0.39, 0.29) is 11.1 Å². The van der Waals surface area contributed by atoms with Crippen LogP contribution in [0.4, 0.5) is 8.78 Å². The number of nitrogens with zero attached hydrogens (tertiary/aromatic N) is 1. The first kappa shape index (κ1) is 15.4. The second-order valence-corrected chi connectivity index (χ2v) is 5.86. The van der Waals surface area contributed by atoms with Crippen LogP contribution in [0.25, 0.3) is 0 Å². The van der Waals surface area contributed by atoms with E-state index in [0.717, 1.165) is 12.6 Å². The number of hydrogen-bond acceptors (Lipinski definition) is 3. The SMILES string of the molecule is CC1(C)COCCN1CCC(O)c1cc(F)cc(F)c1. The molecule has 1 aliphatic rings. The Morgan fingerprint density at radius 2 is 1.95 bits per heavy atom. The molecule has 1 atom stereocenters. The van der Waals surface area contributed by atoms with Crippen LogP contribution in [0.15, 0.2) is 18.2 Å². The van der Waals surface area contributed by atoms with Crippen LogP contribution >= 0.6 is 0 Å². The van der Waals surface area contributed by atoms with E-state index in [9.17, 15) is 13.9 Å². The van der Waals surface area contributed by atoms with Crippen molar-refractivity contribution in [2.45, 2.75) is 31.9 Å². The molecule has 112 valence electrons. The fourth-order valence-corrected chi connectivity index (χ4v) is 2.52. The first-order valence-electron chi connectivity index (χ1n) is 6.85. The molecule has 1 heterocycles. The normalized spacial score (nSPS) is 20.9. The van der Waals surface area contributed by atoms with Gasteiger partial charge in [0.25, 0.3) is 0 Å². The summed E-state index contributed by atoms with van der Waals surface area (Å²) < 4.78 is 31.7. The van der Waals surface area contributed by atoms with Gasteiger partial charge in [-0.25, -0.2) is 8.78 Å². The maximum Gasteiger partial charge on any atom is 0.126 e. The summed E-state index contributed by atoms with van der Waals surface area (Å²) in [5.74, 6) is -1.32. The third kappa shape index (κ3) is 3.75. The molecule has 0 bridgehead atoms. The van der Waals surface area contributed by atoms with Gasteiger partial charge >= 0.3 is 0 Å². The van der Waals surface area contributed by atoms with E-state index in [0.29, 0.717) is 26.2 Å². The average molecular weight is 285 g/mol. The zero-order valence-corrected chi connectivity index (χ0v) is 11.9. The molecule has 0 aliphatic carbocycles. The second kappa shape index (κ2) is 6.16. The Kier molecular flexibility index (Phi) is 4.73. The van der Waals surface area contributed by atoms with Gasteiger partial charge in [-0.1, -0.05) is 0 Å². The molecule has 0 saturated carbocycles. The van der Waals surface area contributed by atoms with E-state index in [2.05, 4.69) is 18.7 Å². The van der Waals surface area contributed by atoms with Crippen LogP contribution in [-0.4, -0.2) is 41.8 Å². The van der Waals surface area contributed by atoms with Crippen molar-refractivity contribution in [3.8, 4) is 0 Å². The molecule has 3 nitrogen and oxygen atoms in total. The quantitative estimate of drug-likeness (QED) is 0.922. The van der Waals surface area contributed by atoms with Crippen LogP contribution in [-0.2, 0) is 4.74 Å². The van der Waals surface area contributed by atoms with Crippen LogP contribution in [0, 0.1) is 11.6 Å². The Bertz CT molecular complexity index is 445. The highest BCUT2D eigenvalue weighted by Crippen LogP contribution is 2.23. The number of rotatable bonds is 4. The van der Waals surface area contributed by atoms with E-state index < -0.39 is 17.7 Å². The molecule has 0 spiro atoms. The maximum atomic E-state index is 13.1. The summed E-state index contributed by atoms with van der Waals surface area (Å²) in [4.78, 5) is 2.23. The Labute approximate surface area is 118 Å². The third-order valence-electron chi connectivity index (χ3n) is 3.76. The Hall–Kier alpha value is -1.04. The topological polar surface area (TPSA) is 32.7 Å². The maximum absolute atomic E-state index is 13.1. The number of morpholine rings is 1. The van der Waals surface area contributed by atoms with Crippen LogP contribution in [0.5, 0.6) is 0 Å². The Morgan fingerprint density at radius 3 is 2.55 bits per heavy atom. The molecular weight excluding hydrogens is 264 g/mol. The lowest BCUT2D eigenvalue weighted by molar-refractivity contribution is -0.0552. The Balaban J connectivity index is 1.96. The first-order chi connectivity index (χ1) is 9.38. The summed E-state index contributed by atoms with van der Waals surface area (Å²) in [5, 5.41) is 10.1. The third-order valence-corrected chi connectivity index (χ3v) is 3.76. The molecule has 1 saturated heterocycles. The van der Waals surface area contributed by atoms with Crippen molar-refractivity contribution in [1.29, 1.82) is 0 Å². The van der Waals surface area contributed by atoms with Gasteiger partial charge in [0.05, 0.1) is 19.3 Å². The van der Waals surface area contributed by atoms with Crippen LogP contribution in [0.2, 0.25) is 0 Å². The van der Waals surface area contributed by atoms with Crippen LogP contribution in [0.1, 0.15) is 31.9 Å². The van der Waals surface area contributed by atoms with E-state index >= 15 is 0 Å². The monoisotopic (exact) mass is 285 g/mol. The summed E-state index contributed by atoms with van der Waals surface area (Å²) >= 11 is 0. The highest BCUT2D eigenvalue weighted by molar-refractivity contribution is 5.20. The zero-order valence-electron chi connectivity index (χ0n) is 11.9. The smallest absolute Gasteiger partial charge is 0.126 e. The van der Waals surface area contributed by atoms with Gasteiger partial charge in [0.2, 0.25) is 0 Å². The molecule has 5 heteroatoms. The highest BCUT2D eigenvalue weighted by atomic mass is 19.1. The number of halogens is 2. The second-order valence-electron chi connectivity index (χ2n) is 5.86. The molecule has 0 aromatic heterocycles. The highest BCUT2D eigenvalue weighted by Gasteiger charge is 2.30. The molecule has 0 radical (unpaired) electrons. The van der Waals surface area contributed by atoms with Crippen molar-refractivity contribution in [2.75, 3.05) is 26.3 Å². The minimum atomic E-state index is -0.862. The van der Waals surface area contributed by atoms with Gasteiger partial charge in [-0.05, 0) is 38.0 Å². The van der Waals surface area contributed by atoms with Crippen molar-refractivity contribution in [2.24, 2.45) is 0 Å². The molecule has 1 unspecified atom stereocenters. The number of aliphatic hydroxyl groups is 1. The molecule has 0 amide bonds. The van der Waals surface area contributed by atoms with Gasteiger partial charge in [0.1, 0.15) is 11.6 Å². The van der Waals surface area contributed by atoms with E-state index in [1.807, 2.05) is 0 Å². The van der Waals surface area contributed by atoms with E-state index in [1.54, 1.807) is 0 Å². The van der Waals surface area contributed by atoms with Crippen molar-refractivity contribution >= 4 is 0 Å². The van der Waals surface area contributed by atoms with Gasteiger partial charge in [-0.2, -0.15) is 0 Å². The summed E-state index contributed by atoms with van der Waals surface area (Å²) in [5.41, 5.74) is 0.207. The summed E-state index contributed by atoms with van der Waals surface area (Å²) in [6.07, 6.45) is -0.425. The molecule has 20 heavy (non-hydrogen) atoms. The van der Waals surface area contributed by atoms with E-state index in [4.69, 9.17) is 4.74 Å². The Morgan fingerprint density at radius 1 is 1.30 bits per heavy atom. The molecule has 1 aliphatic heterocycles. The van der Waals surface area contributed by atoms with E-state index in [1.165, 1.54) is 12.1 Å². The predicted molar refractivity (Wildman–Crippen MR) is 72.4 cm³/mol.